The maximum Gasteiger partial charge on any atom is 0.269 e. The molecule has 6 unspecified atom stereocenters. The molecule has 1 saturated carbocycles. The summed E-state index contributed by atoms with van der Waals surface area (Å²) in [6, 6.07) is 11.1. The molecule has 6 atom stereocenters. The molecular weight excluding hydrogens is 690 g/mol. The summed E-state index contributed by atoms with van der Waals surface area (Å²) in [6.07, 6.45) is 13.7. The highest BCUT2D eigenvalue weighted by molar-refractivity contribution is 6.03. The SMILES string of the molecule is C=CCOc1ccc2c(c1)C1C(CCCCO)C(CCCCO)C=C3C(=NOCC)CC(N(C)C(=O)C=Cc4ccc([N+](=O)[O-])cc4)C(OCC=C)(O2)C31. The summed E-state index contributed by atoms with van der Waals surface area (Å²) in [4.78, 5) is 32.2. The van der Waals surface area contributed by atoms with Crippen molar-refractivity contribution in [1.82, 2.24) is 4.90 Å². The number of aliphatic hydroxyl groups excluding tert-OH is 2. The van der Waals surface area contributed by atoms with Crippen molar-refractivity contribution in [3.05, 3.63) is 107 Å². The first-order chi connectivity index (χ1) is 26.2. The van der Waals surface area contributed by atoms with Crippen molar-refractivity contribution in [3.8, 4) is 11.5 Å². The summed E-state index contributed by atoms with van der Waals surface area (Å²) in [7, 11) is 1.72. The predicted octanol–water partition coefficient (Wildman–Crippen LogP) is 6.98. The number of fused-ring (bicyclic) bond motifs is 2. The molecule has 0 saturated heterocycles. The van der Waals surface area contributed by atoms with Crippen LogP contribution in [0, 0.1) is 27.9 Å². The van der Waals surface area contributed by atoms with Gasteiger partial charge in [-0.25, -0.2) is 0 Å². The van der Waals surface area contributed by atoms with E-state index in [1.54, 1.807) is 42.3 Å². The zero-order valence-electron chi connectivity index (χ0n) is 31.3. The van der Waals surface area contributed by atoms with Crippen molar-refractivity contribution in [2.45, 2.75) is 69.6 Å². The van der Waals surface area contributed by atoms with Gasteiger partial charge >= 0.3 is 0 Å². The van der Waals surface area contributed by atoms with Crippen LogP contribution in [-0.4, -0.2) is 83.6 Å². The normalized spacial score (nSPS) is 24.9. The van der Waals surface area contributed by atoms with Crippen LogP contribution in [0.4, 0.5) is 5.69 Å². The molecule has 1 heterocycles. The molecule has 2 aromatic carbocycles. The highest BCUT2D eigenvalue weighted by Crippen LogP contribution is 2.61. The Morgan fingerprint density at radius 1 is 1.07 bits per heavy atom. The molecule has 2 aromatic rings. The van der Waals surface area contributed by atoms with Gasteiger partial charge in [0.15, 0.2) is 0 Å². The number of oxime groups is 1. The number of allylic oxidation sites excluding steroid dienone is 1. The monoisotopic (exact) mass is 743 g/mol. The Labute approximate surface area is 317 Å². The number of likely N-dealkylation sites (N-methyl/N-ethyl adjacent to an activating group) is 1. The third-order valence-corrected chi connectivity index (χ3v) is 10.7. The molecule has 0 aromatic heterocycles. The Morgan fingerprint density at radius 2 is 1.80 bits per heavy atom. The summed E-state index contributed by atoms with van der Waals surface area (Å²) in [5.74, 6) is -0.785. The van der Waals surface area contributed by atoms with Gasteiger partial charge in [-0.05, 0) is 92.0 Å². The highest BCUT2D eigenvalue weighted by atomic mass is 16.7. The number of hydrogen-bond acceptors (Lipinski definition) is 10. The van der Waals surface area contributed by atoms with Crippen LogP contribution in [-0.2, 0) is 14.4 Å². The fourth-order valence-electron chi connectivity index (χ4n) is 8.26. The number of carbonyl (C=O) groups is 1. The molecule has 0 bridgehead atoms. The number of non-ortho nitro benzene ring substituents is 1. The lowest BCUT2D eigenvalue weighted by molar-refractivity contribution is -0.384. The summed E-state index contributed by atoms with van der Waals surface area (Å²) >= 11 is 0. The average molecular weight is 744 g/mol. The number of hydrogen-bond donors (Lipinski definition) is 2. The second-order valence-electron chi connectivity index (χ2n) is 13.9. The predicted molar refractivity (Wildman–Crippen MR) is 207 cm³/mol. The van der Waals surface area contributed by atoms with E-state index < -0.39 is 22.7 Å². The number of aliphatic hydroxyl groups is 2. The third kappa shape index (κ3) is 8.77. The Hall–Kier alpha value is -4.78. The lowest BCUT2D eigenvalue weighted by atomic mass is 9.55. The van der Waals surface area contributed by atoms with Crippen LogP contribution in [0.25, 0.3) is 6.08 Å². The number of unbranched alkanes of at least 4 members (excludes halogenated alkanes) is 2. The summed E-state index contributed by atoms with van der Waals surface area (Å²) in [5, 5.41) is 35.4. The van der Waals surface area contributed by atoms with Gasteiger partial charge in [0.25, 0.3) is 5.69 Å². The quantitative estimate of drug-likeness (QED) is 0.0481. The van der Waals surface area contributed by atoms with E-state index in [4.69, 9.17) is 19.0 Å². The van der Waals surface area contributed by atoms with Crippen LogP contribution < -0.4 is 9.47 Å². The Morgan fingerprint density at radius 3 is 2.46 bits per heavy atom. The molecule has 290 valence electrons. The molecule has 2 N–H and O–H groups in total. The van der Waals surface area contributed by atoms with E-state index in [9.17, 15) is 25.1 Å². The lowest BCUT2D eigenvalue weighted by Gasteiger charge is -2.59. The van der Waals surface area contributed by atoms with E-state index in [0.29, 0.717) is 48.8 Å². The fraction of sp³-hybridized carbons (Fsp3) is 0.476. The summed E-state index contributed by atoms with van der Waals surface area (Å²) in [6.45, 7) is 10.7. The van der Waals surface area contributed by atoms with Gasteiger partial charge in [-0.3, -0.25) is 14.9 Å². The van der Waals surface area contributed by atoms with Crippen LogP contribution in [0.15, 0.2) is 90.7 Å². The Bertz CT molecular complexity index is 1720. The largest absolute Gasteiger partial charge is 0.490 e. The second kappa shape index (κ2) is 19.0. The molecular formula is C42H53N3O9. The van der Waals surface area contributed by atoms with E-state index in [-0.39, 0.29) is 55.6 Å². The highest BCUT2D eigenvalue weighted by Gasteiger charge is 2.65. The molecule has 1 fully saturated rings. The van der Waals surface area contributed by atoms with Gasteiger partial charge in [0.2, 0.25) is 11.7 Å². The molecule has 1 aliphatic heterocycles. The van der Waals surface area contributed by atoms with Crippen molar-refractivity contribution in [3.63, 3.8) is 0 Å². The van der Waals surface area contributed by atoms with Crippen LogP contribution in [0.1, 0.15) is 68.9 Å². The van der Waals surface area contributed by atoms with Gasteiger partial charge in [-0.15, -0.1) is 6.58 Å². The fourth-order valence-corrected chi connectivity index (χ4v) is 8.26. The summed E-state index contributed by atoms with van der Waals surface area (Å²) < 4.78 is 20.0. The number of carbonyl (C=O) groups excluding carboxylic acids is 1. The molecule has 12 nitrogen and oxygen atoms in total. The number of amides is 1. The smallest absolute Gasteiger partial charge is 0.269 e. The van der Waals surface area contributed by atoms with Crippen LogP contribution in [0.3, 0.4) is 0 Å². The Balaban J connectivity index is 1.68. The Kier molecular flexibility index (Phi) is 14.2. The molecule has 3 aliphatic rings. The third-order valence-electron chi connectivity index (χ3n) is 10.7. The van der Waals surface area contributed by atoms with Gasteiger partial charge in [-0.1, -0.05) is 42.8 Å². The molecule has 2 aliphatic carbocycles. The second-order valence-corrected chi connectivity index (χ2v) is 13.9. The number of nitro groups is 1. The van der Waals surface area contributed by atoms with E-state index in [2.05, 4.69) is 24.4 Å². The van der Waals surface area contributed by atoms with Gasteiger partial charge < -0.3 is 34.2 Å². The van der Waals surface area contributed by atoms with Crippen molar-refractivity contribution in [1.29, 1.82) is 0 Å². The van der Waals surface area contributed by atoms with Gasteiger partial charge in [0, 0.05) is 56.4 Å². The van der Waals surface area contributed by atoms with Gasteiger partial charge in [0.05, 0.1) is 23.2 Å². The topological polar surface area (TPSA) is 153 Å². The minimum absolute atomic E-state index is 0.0365. The maximum atomic E-state index is 14.1. The van der Waals surface area contributed by atoms with Crippen LogP contribution in [0.5, 0.6) is 11.5 Å². The number of nitrogens with zero attached hydrogens (tertiary/aromatic N) is 3. The minimum Gasteiger partial charge on any atom is -0.490 e. The van der Waals surface area contributed by atoms with E-state index in [1.807, 2.05) is 25.1 Å². The summed E-state index contributed by atoms with van der Waals surface area (Å²) in [5.41, 5.74) is 3.22. The molecule has 5 rings (SSSR count). The number of benzene rings is 2. The first-order valence-corrected chi connectivity index (χ1v) is 18.9. The van der Waals surface area contributed by atoms with E-state index >= 15 is 0 Å². The van der Waals surface area contributed by atoms with Crippen molar-refractivity contribution >= 4 is 23.4 Å². The molecule has 1 amide bonds. The van der Waals surface area contributed by atoms with Crippen LogP contribution in [0.2, 0.25) is 0 Å². The average Bonchev–Trinajstić information content (AvgIpc) is 3.18. The number of nitro benzene ring substituents is 1. The standard InChI is InChI=1S/C42H53N3O9/c1-5-24-51-32-19-20-37-35(27-32)40-33(13-9-11-23-47)30(12-8-10-22-46)26-34-36(43-53-7-3)28-38(42(54-37,41(34)40)52-25-6-2)44(4)39(48)21-16-29-14-17-31(18-15-29)45(49)50/h5-6,14-21,26-27,30,33,38,40-41,46-47H,1-2,7-13,22-25,28H2,3-4H3. The first kappa shape index (κ1) is 40.4. The zero-order valence-corrected chi connectivity index (χ0v) is 31.3. The number of rotatable bonds is 20. The molecule has 0 spiro atoms. The van der Waals surface area contributed by atoms with Crippen molar-refractivity contribution in [2.24, 2.45) is 22.9 Å². The molecule has 54 heavy (non-hydrogen) atoms. The number of ether oxygens (including phenoxy) is 3. The molecule has 0 radical (unpaired) electrons. The maximum absolute atomic E-state index is 14.1. The minimum atomic E-state index is -1.37. The van der Waals surface area contributed by atoms with E-state index in [0.717, 1.165) is 36.8 Å². The first-order valence-electron chi connectivity index (χ1n) is 18.9. The van der Waals surface area contributed by atoms with E-state index in [1.165, 1.54) is 18.2 Å². The van der Waals surface area contributed by atoms with Crippen molar-refractivity contribution in [2.75, 3.05) is 40.1 Å². The molecule has 12 heteroatoms. The van der Waals surface area contributed by atoms with Crippen LogP contribution >= 0.6 is 0 Å². The van der Waals surface area contributed by atoms with Gasteiger partial charge in [-0.2, -0.15) is 0 Å². The van der Waals surface area contributed by atoms with Crippen molar-refractivity contribution < 1.29 is 39.0 Å². The van der Waals surface area contributed by atoms with Gasteiger partial charge in [0.1, 0.15) is 30.8 Å². The lowest BCUT2D eigenvalue weighted by Crippen LogP contribution is -2.69. The zero-order chi connectivity index (χ0) is 38.7.